The predicted octanol–water partition coefficient (Wildman–Crippen LogP) is 3.32. The van der Waals surface area contributed by atoms with Gasteiger partial charge in [-0.25, -0.2) is 9.78 Å². The Bertz CT molecular complexity index is 1140. The van der Waals surface area contributed by atoms with Crippen LogP contribution in [0.4, 0.5) is 19.1 Å². The Morgan fingerprint density at radius 3 is 2.70 bits per heavy atom. The molecular weight excluding hydrogens is 457 g/mol. The van der Waals surface area contributed by atoms with Crippen molar-refractivity contribution in [3.63, 3.8) is 0 Å². The maximum Gasteiger partial charge on any atom is 0.491 e. The molecular formula is C21H19F3N6O2S. The third-order valence-electron chi connectivity index (χ3n) is 5.65. The predicted molar refractivity (Wildman–Crippen MR) is 115 cm³/mol. The molecule has 172 valence electrons. The van der Waals surface area contributed by atoms with E-state index in [4.69, 9.17) is 4.74 Å². The number of rotatable bonds is 5. The fourth-order valence-corrected chi connectivity index (χ4v) is 4.34. The molecule has 2 aliphatic rings. The molecule has 1 N–H and O–H groups in total. The van der Waals surface area contributed by atoms with E-state index in [0.29, 0.717) is 29.2 Å². The summed E-state index contributed by atoms with van der Waals surface area (Å²) in [7, 11) is 0. The number of hydrogen-bond acceptors (Lipinski definition) is 9. The van der Waals surface area contributed by atoms with Crippen LogP contribution in [0, 0.1) is 5.92 Å². The van der Waals surface area contributed by atoms with Gasteiger partial charge in [0.05, 0.1) is 11.9 Å². The first-order valence-corrected chi connectivity index (χ1v) is 11.2. The minimum Gasteiger partial charge on any atom is -0.419 e. The summed E-state index contributed by atoms with van der Waals surface area (Å²) in [5, 5.41) is 13.6. The summed E-state index contributed by atoms with van der Waals surface area (Å²) in [6.45, 7) is 2.34. The summed E-state index contributed by atoms with van der Waals surface area (Å²) in [4.78, 5) is 18.0. The maximum atomic E-state index is 12.9. The largest absolute Gasteiger partial charge is 0.491 e. The van der Waals surface area contributed by atoms with Gasteiger partial charge in [0.15, 0.2) is 0 Å². The van der Waals surface area contributed by atoms with E-state index in [-0.39, 0.29) is 17.0 Å². The Morgan fingerprint density at radius 2 is 2.03 bits per heavy atom. The van der Waals surface area contributed by atoms with Crippen molar-refractivity contribution in [3.8, 4) is 28.3 Å². The molecule has 3 heterocycles. The topological polar surface area (TPSA) is 93.1 Å². The summed E-state index contributed by atoms with van der Waals surface area (Å²) < 4.78 is 47.4. The van der Waals surface area contributed by atoms with Gasteiger partial charge in [0.1, 0.15) is 11.4 Å². The second kappa shape index (κ2) is 8.67. The van der Waals surface area contributed by atoms with Gasteiger partial charge in [-0.05, 0) is 48.5 Å². The highest BCUT2D eigenvalue weighted by molar-refractivity contribution is 7.03. The zero-order valence-electron chi connectivity index (χ0n) is 17.2. The number of alkyl halides is 3. The number of aromatic nitrogens is 4. The van der Waals surface area contributed by atoms with E-state index in [1.54, 1.807) is 17.5 Å². The molecule has 1 aliphatic carbocycles. The SMILES string of the molecule is O=C(Oc1cc(-c2ccsn2)ccc1-c1cnc(N2CCN[C@@H](C3CC3)C2)nn1)C(F)(F)F. The number of halogens is 3. The molecule has 0 radical (unpaired) electrons. The second-order valence-corrected chi connectivity index (χ2v) is 8.64. The van der Waals surface area contributed by atoms with Crippen LogP contribution in [0.2, 0.25) is 0 Å². The third kappa shape index (κ3) is 4.81. The molecule has 1 aromatic carbocycles. The minimum absolute atomic E-state index is 0.175. The number of nitrogens with zero attached hydrogens (tertiary/aromatic N) is 5. The first-order valence-electron chi connectivity index (χ1n) is 10.4. The van der Waals surface area contributed by atoms with E-state index in [9.17, 15) is 18.0 Å². The summed E-state index contributed by atoms with van der Waals surface area (Å²) in [6, 6.07) is 6.64. The Morgan fingerprint density at radius 1 is 1.18 bits per heavy atom. The van der Waals surface area contributed by atoms with Gasteiger partial charge < -0.3 is 15.0 Å². The normalized spacial score (nSPS) is 18.9. The summed E-state index contributed by atoms with van der Waals surface area (Å²) in [6.07, 6.45) is -1.26. The minimum atomic E-state index is -5.14. The highest BCUT2D eigenvalue weighted by Crippen LogP contribution is 2.36. The lowest BCUT2D eigenvalue weighted by atomic mass is 10.1. The Kier molecular flexibility index (Phi) is 5.71. The molecule has 12 heteroatoms. The van der Waals surface area contributed by atoms with Crippen molar-refractivity contribution < 1.29 is 22.7 Å². The molecule has 5 rings (SSSR count). The maximum absolute atomic E-state index is 12.9. The van der Waals surface area contributed by atoms with Crippen LogP contribution >= 0.6 is 11.5 Å². The number of benzene rings is 1. The molecule has 2 aromatic heterocycles. The van der Waals surface area contributed by atoms with Gasteiger partial charge in [0.2, 0.25) is 5.95 Å². The van der Waals surface area contributed by atoms with Gasteiger partial charge in [-0.1, -0.05) is 6.07 Å². The van der Waals surface area contributed by atoms with Gasteiger partial charge in [0, 0.05) is 42.2 Å². The zero-order valence-corrected chi connectivity index (χ0v) is 18.1. The third-order valence-corrected chi connectivity index (χ3v) is 6.21. The van der Waals surface area contributed by atoms with Crippen molar-refractivity contribution in [2.45, 2.75) is 25.1 Å². The van der Waals surface area contributed by atoms with Crippen LogP contribution in [0.1, 0.15) is 12.8 Å². The Labute approximate surface area is 191 Å². The fraction of sp³-hybridized carbons (Fsp3) is 0.381. The molecule has 0 amide bonds. The highest BCUT2D eigenvalue weighted by Gasteiger charge is 2.42. The van der Waals surface area contributed by atoms with Crippen molar-refractivity contribution in [1.29, 1.82) is 0 Å². The standard InChI is InChI=1S/C21H19F3N6O2S/c22-21(23,24)19(31)32-18-9-13(15-5-8-33-29-15)3-4-14(18)16-10-26-20(28-27-16)30-7-6-25-17(11-30)12-1-2-12/h3-5,8-10,12,17,25H,1-2,6-7,11H2/t17-/m1/s1. The fourth-order valence-electron chi connectivity index (χ4n) is 3.81. The van der Waals surface area contributed by atoms with Crippen LogP contribution in [0.3, 0.4) is 0 Å². The lowest BCUT2D eigenvalue weighted by Gasteiger charge is -2.33. The van der Waals surface area contributed by atoms with Crippen LogP contribution in [0.5, 0.6) is 5.75 Å². The summed E-state index contributed by atoms with van der Waals surface area (Å²) >= 11 is 1.20. The van der Waals surface area contributed by atoms with E-state index in [1.165, 1.54) is 42.7 Å². The second-order valence-electron chi connectivity index (χ2n) is 7.97. The van der Waals surface area contributed by atoms with E-state index in [1.807, 2.05) is 4.90 Å². The van der Waals surface area contributed by atoms with Crippen molar-refractivity contribution in [3.05, 3.63) is 35.8 Å². The van der Waals surface area contributed by atoms with Crippen LogP contribution < -0.4 is 15.0 Å². The quantitative estimate of drug-likeness (QED) is 0.443. The Hall–Kier alpha value is -3.12. The van der Waals surface area contributed by atoms with Gasteiger partial charge in [-0.2, -0.15) is 17.5 Å². The van der Waals surface area contributed by atoms with E-state index in [0.717, 1.165) is 19.6 Å². The number of carbonyl (C=O) groups is 1. The number of nitrogens with one attached hydrogen (secondary N) is 1. The van der Waals surface area contributed by atoms with E-state index < -0.39 is 12.1 Å². The van der Waals surface area contributed by atoms with Gasteiger partial charge in [0.25, 0.3) is 0 Å². The molecule has 33 heavy (non-hydrogen) atoms. The van der Waals surface area contributed by atoms with Crippen molar-refractivity contribution in [2.24, 2.45) is 5.92 Å². The average Bonchev–Trinajstić information content (AvgIpc) is 3.52. The number of esters is 1. The number of anilines is 1. The van der Waals surface area contributed by atoms with Gasteiger partial charge >= 0.3 is 12.1 Å². The number of hydrogen-bond donors (Lipinski definition) is 1. The number of ether oxygens (including phenoxy) is 1. The Balaban J connectivity index is 1.43. The number of piperazine rings is 1. The van der Waals surface area contributed by atoms with Crippen molar-refractivity contribution in [1.82, 2.24) is 24.9 Å². The average molecular weight is 476 g/mol. The first-order chi connectivity index (χ1) is 15.9. The zero-order chi connectivity index (χ0) is 23.0. The molecule has 1 saturated carbocycles. The van der Waals surface area contributed by atoms with Crippen LogP contribution in [0.15, 0.2) is 35.8 Å². The van der Waals surface area contributed by atoms with Crippen LogP contribution in [-0.2, 0) is 4.79 Å². The van der Waals surface area contributed by atoms with Gasteiger partial charge in [-0.15, -0.1) is 10.2 Å². The monoisotopic (exact) mass is 476 g/mol. The van der Waals surface area contributed by atoms with Crippen molar-refractivity contribution in [2.75, 3.05) is 24.5 Å². The summed E-state index contributed by atoms with van der Waals surface area (Å²) in [5.74, 6) is -1.47. The van der Waals surface area contributed by atoms with Crippen LogP contribution in [-0.4, -0.2) is 57.4 Å². The summed E-state index contributed by atoms with van der Waals surface area (Å²) in [5.41, 5.74) is 1.44. The molecule has 3 aromatic rings. The lowest BCUT2D eigenvalue weighted by molar-refractivity contribution is -0.189. The van der Waals surface area contributed by atoms with Gasteiger partial charge in [-0.3, -0.25) is 0 Å². The molecule has 2 fully saturated rings. The van der Waals surface area contributed by atoms with Crippen molar-refractivity contribution >= 4 is 23.5 Å². The molecule has 1 aliphatic heterocycles. The lowest BCUT2D eigenvalue weighted by Crippen LogP contribution is -2.52. The molecule has 0 spiro atoms. The van der Waals surface area contributed by atoms with E-state index >= 15 is 0 Å². The first kappa shape index (κ1) is 21.7. The van der Waals surface area contributed by atoms with E-state index in [2.05, 4.69) is 24.9 Å². The number of carbonyl (C=O) groups excluding carboxylic acids is 1. The highest BCUT2D eigenvalue weighted by atomic mass is 32.1. The smallest absolute Gasteiger partial charge is 0.419 e. The molecule has 0 unspecified atom stereocenters. The molecule has 1 saturated heterocycles. The molecule has 8 nitrogen and oxygen atoms in total. The molecule has 1 atom stereocenters. The molecule has 0 bridgehead atoms. The van der Waals surface area contributed by atoms with Crippen LogP contribution in [0.25, 0.3) is 22.5 Å².